The van der Waals surface area contributed by atoms with Gasteiger partial charge in [-0.15, -0.1) is 6.42 Å². The van der Waals surface area contributed by atoms with Crippen molar-refractivity contribution in [2.45, 2.75) is 6.54 Å². The fourth-order valence-corrected chi connectivity index (χ4v) is 1.86. The molecule has 0 aliphatic carbocycles. The van der Waals surface area contributed by atoms with Crippen LogP contribution in [0.25, 0.3) is 10.8 Å². The van der Waals surface area contributed by atoms with Crippen LogP contribution in [0.15, 0.2) is 42.5 Å². The van der Waals surface area contributed by atoms with Crippen molar-refractivity contribution in [2.24, 2.45) is 0 Å². The SMILES string of the molecule is C#CCN(C)Cc1ccc2ccccc2c1. The molecule has 0 atom stereocenters. The van der Waals surface area contributed by atoms with Crippen molar-refractivity contribution in [3.05, 3.63) is 48.0 Å². The maximum Gasteiger partial charge on any atom is 0.0599 e. The van der Waals surface area contributed by atoms with E-state index < -0.39 is 0 Å². The molecule has 0 amide bonds. The van der Waals surface area contributed by atoms with E-state index in [4.69, 9.17) is 6.42 Å². The van der Waals surface area contributed by atoms with E-state index in [-0.39, 0.29) is 0 Å². The summed E-state index contributed by atoms with van der Waals surface area (Å²) in [6, 6.07) is 14.9. The zero-order chi connectivity index (χ0) is 11.4. The maximum absolute atomic E-state index is 5.28. The van der Waals surface area contributed by atoms with Crippen molar-refractivity contribution in [3.8, 4) is 12.3 Å². The third kappa shape index (κ3) is 2.42. The molecule has 16 heavy (non-hydrogen) atoms. The van der Waals surface area contributed by atoms with Crippen LogP contribution in [0, 0.1) is 12.3 Å². The second-order valence-corrected chi connectivity index (χ2v) is 4.06. The van der Waals surface area contributed by atoms with Crippen molar-refractivity contribution in [1.29, 1.82) is 0 Å². The van der Waals surface area contributed by atoms with Crippen molar-refractivity contribution >= 4 is 10.8 Å². The normalized spacial score (nSPS) is 10.6. The molecule has 0 aliphatic heterocycles. The summed E-state index contributed by atoms with van der Waals surface area (Å²) < 4.78 is 0. The van der Waals surface area contributed by atoms with Gasteiger partial charge in [0.05, 0.1) is 6.54 Å². The van der Waals surface area contributed by atoms with Crippen LogP contribution in [-0.4, -0.2) is 18.5 Å². The smallest absolute Gasteiger partial charge is 0.0599 e. The largest absolute Gasteiger partial charge is 0.291 e. The molecule has 2 aromatic rings. The lowest BCUT2D eigenvalue weighted by molar-refractivity contribution is 0.369. The van der Waals surface area contributed by atoms with Gasteiger partial charge in [-0.3, -0.25) is 4.90 Å². The second kappa shape index (κ2) is 4.83. The lowest BCUT2D eigenvalue weighted by Gasteiger charge is -2.13. The Morgan fingerprint density at radius 2 is 1.88 bits per heavy atom. The van der Waals surface area contributed by atoms with Gasteiger partial charge in [0.1, 0.15) is 0 Å². The highest BCUT2D eigenvalue weighted by molar-refractivity contribution is 5.82. The number of fused-ring (bicyclic) bond motifs is 1. The van der Waals surface area contributed by atoms with Gasteiger partial charge in [-0.2, -0.15) is 0 Å². The van der Waals surface area contributed by atoms with Gasteiger partial charge in [-0.1, -0.05) is 42.3 Å². The van der Waals surface area contributed by atoms with Crippen molar-refractivity contribution in [3.63, 3.8) is 0 Å². The molecular formula is C15H15N. The van der Waals surface area contributed by atoms with E-state index in [1.165, 1.54) is 16.3 Å². The Morgan fingerprint density at radius 1 is 1.12 bits per heavy atom. The molecule has 80 valence electrons. The second-order valence-electron chi connectivity index (χ2n) is 4.06. The summed E-state index contributed by atoms with van der Waals surface area (Å²) >= 11 is 0. The van der Waals surface area contributed by atoms with E-state index in [2.05, 4.69) is 53.3 Å². The Balaban J connectivity index is 2.23. The van der Waals surface area contributed by atoms with Crippen LogP contribution < -0.4 is 0 Å². The summed E-state index contributed by atoms with van der Waals surface area (Å²) in [5.74, 6) is 2.65. The van der Waals surface area contributed by atoms with Crippen molar-refractivity contribution < 1.29 is 0 Å². The molecule has 0 heterocycles. The molecule has 0 aromatic heterocycles. The first kappa shape index (κ1) is 10.7. The van der Waals surface area contributed by atoms with E-state index in [1.807, 2.05) is 7.05 Å². The van der Waals surface area contributed by atoms with Gasteiger partial charge in [0.25, 0.3) is 0 Å². The predicted molar refractivity (Wildman–Crippen MR) is 69.1 cm³/mol. The number of rotatable bonds is 3. The minimum atomic E-state index is 0.687. The average Bonchev–Trinajstić information content (AvgIpc) is 2.29. The standard InChI is InChI=1S/C15H15N/c1-3-10-16(2)12-13-8-9-14-6-4-5-7-15(14)11-13/h1,4-9,11H,10,12H2,2H3. The Labute approximate surface area is 96.7 Å². The van der Waals surface area contributed by atoms with Crippen molar-refractivity contribution in [1.82, 2.24) is 4.90 Å². The summed E-state index contributed by atoms with van der Waals surface area (Å²) in [6.07, 6.45) is 5.28. The zero-order valence-electron chi connectivity index (χ0n) is 9.48. The summed E-state index contributed by atoms with van der Waals surface area (Å²) in [5.41, 5.74) is 1.30. The average molecular weight is 209 g/mol. The first-order chi connectivity index (χ1) is 7.79. The molecule has 0 fully saturated rings. The highest BCUT2D eigenvalue weighted by Crippen LogP contribution is 2.16. The first-order valence-electron chi connectivity index (χ1n) is 5.39. The van der Waals surface area contributed by atoms with E-state index in [9.17, 15) is 0 Å². The molecule has 0 spiro atoms. The zero-order valence-corrected chi connectivity index (χ0v) is 9.48. The van der Waals surface area contributed by atoms with Crippen LogP contribution in [0.3, 0.4) is 0 Å². The van der Waals surface area contributed by atoms with Gasteiger partial charge in [0.15, 0.2) is 0 Å². The molecule has 1 nitrogen and oxygen atoms in total. The molecule has 2 rings (SSSR count). The summed E-state index contributed by atoms with van der Waals surface area (Å²) in [7, 11) is 2.04. The maximum atomic E-state index is 5.28. The molecule has 1 heteroatoms. The molecule has 0 N–H and O–H groups in total. The first-order valence-corrected chi connectivity index (χ1v) is 5.39. The highest BCUT2D eigenvalue weighted by Gasteiger charge is 1.99. The Hall–Kier alpha value is -1.78. The molecule has 0 saturated carbocycles. The molecule has 2 aromatic carbocycles. The van der Waals surface area contributed by atoms with E-state index in [0.29, 0.717) is 6.54 Å². The summed E-state index contributed by atoms with van der Waals surface area (Å²) in [6.45, 7) is 1.59. The quantitative estimate of drug-likeness (QED) is 0.703. The third-order valence-electron chi connectivity index (χ3n) is 2.63. The fraction of sp³-hybridized carbons (Fsp3) is 0.200. The van der Waals surface area contributed by atoms with Gasteiger partial charge in [0.2, 0.25) is 0 Å². The topological polar surface area (TPSA) is 3.24 Å². The van der Waals surface area contributed by atoms with E-state index >= 15 is 0 Å². The van der Waals surface area contributed by atoms with Crippen LogP contribution in [0.4, 0.5) is 0 Å². The summed E-state index contributed by atoms with van der Waals surface area (Å²) in [4.78, 5) is 2.13. The van der Waals surface area contributed by atoms with Gasteiger partial charge in [0, 0.05) is 6.54 Å². The van der Waals surface area contributed by atoms with Crippen LogP contribution in [0.2, 0.25) is 0 Å². The van der Waals surface area contributed by atoms with Crippen LogP contribution in [-0.2, 0) is 6.54 Å². The van der Waals surface area contributed by atoms with Crippen LogP contribution in [0.5, 0.6) is 0 Å². The van der Waals surface area contributed by atoms with Crippen LogP contribution >= 0.6 is 0 Å². The van der Waals surface area contributed by atoms with Gasteiger partial charge < -0.3 is 0 Å². The minimum absolute atomic E-state index is 0.687. The number of hydrogen-bond acceptors (Lipinski definition) is 1. The molecule has 0 saturated heterocycles. The number of terminal acetylenes is 1. The molecule has 0 radical (unpaired) electrons. The van der Waals surface area contributed by atoms with Crippen molar-refractivity contribution in [2.75, 3.05) is 13.6 Å². The van der Waals surface area contributed by atoms with Gasteiger partial charge >= 0.3 is 0 Å². The van der Waals surface area contributed by atoms with Gasteiger partial charge in [-0.25, -0.2) is 0 Å². The van der Waals surface area contributed by atoms with E-state index in [1.54, 1.807) is 0 Å². The highest BCUT2D eigenvalue weighted by atomic mass is 15.1. The third-order valence-corrected chi connectivity index (χ3v) is 2.63. The molecule has 0 unspecified atom stereocenters. The number of nitrogens with zero attached hydrogens (tertiary/aromatic N) is 1. The lowest BCUT2D eigenvalue weighted by atomic mass is 10.1. The Kier molecular flexibility index (Phi) is 3.24. The molecule has 0 aliphatic rings. The summed E-state index contributed by atoms with van der Waals surface area (Å²) in [5, 5.41) is 2.57. The Bertz CT molecular complexity index is 522. The monoisotopic (exact) mass is 209 g/mol. The van der Waals surface area contributed by atoms with Gasteiger partial charge in [-0.05, 0) is 29.4 Å². The van der Waals surface area contributed by atoms with E-state index in [0.717, 1.165) is 6.54 Å². The molecular weight excluding hydrogens is 194 g/mol. The predicted octanol–water partition coefficient (Wildman–Crippen LogP) is 2.90. The van der Waals surface area contributed by atoms with Crippen LogP contribution in [0.1, 0.15) is 5.56 Å². The molecule has 0 bridgehead atoms. The Morgan fingerprint density at radius 3 is 2.62 bits per heavy atom. The number of hydrogen-bond donors (Lipinski definition) is 0. The number of benzene rings is 2. The fourth-order valence-electron chi connectivity index (χ4n) is 1.86. The minimum Gasteiger partial charge on any atom is -0.291 e. The lowest BCUT2D eigenvalue weighted by Crippen LogP contribution is -2.17.